The number of hydrogen-bond donors (Lipinski definition) is 1. The molecule has 0 spiro atoms. The topological polar surface area (TPSA) is 49.8 Å². The van der Waals surface area contributed by atoms with Crippen molar-refractivity contribution in [3.05, 3.63) is 60.2 Å². The van der Waals surface area contributed by atoms with Crippen LogP contribution in [0.25, 0.3) is 0 Å². The van der Waals surface area contributed by atoms with Gasteiger partial charge in [-0.05, 0) is 49.2 Å². The molecule has 0 aliphatic heterocycles. The van der Waals surface area contributed by atoms with Gasteiger partial charge in [0.05, 0.1) is 18.8 Å². The van der Waals surface area contributed by atoms with Gasteiger partial charge < -0.3 is 14.7 Å². The SMILES string of the molecule is CN(C(=O)c1ccc(OCCSc2ccccc2)cc1)[C@@H]1CCCC[C@H]1O. The van der Waals surface area contributed by atoms with Crippen molar-refractivity contribution in [1.82, 2.24) is 4.90 Å². The van der Waals surface area contributed by atoms with Crippen molar-refractivity contribution in [2.45, 2.75) is 42.7 Å². The van der Waals surface area contributed by atoms with Crippen molar-refractivity contribution >= 4 is 17.7 Å². The highest BCUT2D eigenvalue weighted by atomic mass is 32.2. The molecule has 0 heterocycles. The van der Waals surface area contributed by atoms with Gasteiger partial charge in [0.1, 0.15) is 5.75 Å². The van der Waals surface area contributed by atoms with Gasteiger partial charge >= 0.3 is 0 Å². The van der Waals surface area contributed by atoms with E-state index in [-0.39, 0.29) is 11.9 Å². The summed E-state index contributed by atoms with van der Waals surface area (Å²) in [6, 6.07) is 17.4. The Bertz CT molecular complexity index is 720. The van der Waals surface area contributed by atoms with Gasteiger partial charge in [-0.2, -0.15) is 0 Å². The first-order valence-corrected chi connectivity index (χ1v) is 10.5. The highest BCUT2D eigenvalue weighted by Crippen LogP contribution is 2.24. The summed E-state index contributed by atoms with van der Waals surface area (Å²) in [7, 11) is 1.78. The molecule has 1 aliphatic rings. The maximum atomic E-state index is 12.7. The van der Waals surface area contributed by atoms with Crippen LogP contribution in [0.5, 0.6) is 5.75 Å². The summed E-state index contributed by atoms with van der Waals surface area (Å²) < 4.78 is 5.77. The van der Waals surface area contributed by atoms with E-state index in [0.717, 1.165) is 37.2 Å². The molecule has 1 aliphatic carbocycles. The molecule has 2 aromatic carbocycles. The average Bonchev–Trinajstić information content (AvgIpc) is 2.72. The molecule has 4 nitrogen and oxygen atoms in total. The van der Waals surface area contributed by atoms with E-state index in [1.165, 1.54) is 4.90 Å². The Morgan fingerprint density at radius 1 is 1.11 bits per heavy atom. The lowest BCUT2D eigenvalue weighted by molar-refractivity contribution is 0.0268. The fourth-order valence-electron chi connectivity index (χ4n) is 3.43. The summed E-state index contributed by atoms with van der Waals surface area (Å²) >= 11 is 1.76. The second-order valence-corrected chi connectivity index (χ2v) is 8.04. The van der Waals surface area contributed by atoms with Crippen LogP contribution in [-0.4, -0.2) is 47.5 Å². The lowest BCUT2D eigenvalue weighted by atomic mass is 9.91. The van der Waals surface area contributed by atoms with E-state index < -0.39 is 6.10 Å². The zero-order valence-electron chi connectivity index (χ0n) is 15.7. The van der Waals surface area contributed by atoms with Crippen LogP contribution in [0.1, 0.15) is 36.0 Å². The minimum absolute atomic E-state index is 0.0490. The molecular formula is C22H27NO3S. The summed E-state index contributed by atoms with van der Waals surface area (Å²) in [5.41, 5.74) is 0.626. The van der Waals surface area contributed by atoms with Crippen LogP contribution in [0.15, 0.2) is 59.5 Å². The van der Waals surface area contributed by atoms with Gasteiger partial charge in [-0.1, -0.05) is 31.0 Å². The lowest BCUT2D eigenvalue weighted by Crippen LogP contribution is -2.46. The van der Waals surface area contributed by atoms with Crippen LogP contribution in [0, 0.1) is 0 Å². The van der Waals surface area contributed by atoms with E-state index in [2.05, 4.69) is 12.1 Å². The summed E-state index contributed by atoms with van der Waals surface area (Å²) in [6.45, 7) is 0.612. The van der Waals surface area contributed by atoms with Crippen LogP contribution in [0.2, 0.25) is 0 Å². The average molecular weight is 386 g/mol. The summed E-state index contributed by atoms with van der Waals surface area (Å²) in [5.74, 6) is 1.58. The number of rotatable bonds is 7. The molecule has 2 atom stereocenters. The van der Waals surface area contributed by atoms with Crippen LogP contribution in [-0.2, 0) is 0 Å². The Morgan fingerprint density at radius 2 is 1.81 bits per heavy atom. The summed E-state index contributed by atoms with van der Waals surface area (Å²) in [5, 5.41) is 10.2. The van der Waals surface area contributed by atoms with Crippen molar-refractivity contribution in [3.63, 3.8) is 0 Å². The van der Waals surface area contributed by atoms with Gasteiger partial charge in [0.2, 0.25) is 0 Å². The fraction of sp³-hybridized carbons (Fsp3) is 0.409. The minimum Gasteiger partial charge on any atom is -0.493 e. The molecule has 0 bridgehead atoms. The highest BCUT2D eigenvalue weighted by molar-refractivity contribution is 7.99. The summed E-state index contributed by atoms with van der Waals surface area (Å²) in [4.78, 5) is 15.6. The number of thioether (sulfide) groups is 1. The third-order valence-electron chi connectivity index (χ3n) is 4.98. The second-order valence-electron chi connectivity index (χ2n) is 6.87. The second kappa shape index (κ2) is 9.81. The normalized spacial score (nSPS) is 19.5. The number of hydrogen-bond acceptors (Lipinski definition) is 4. The molecule has 144 valence electrons. The monoisotopic (exact) mass is 385 g/mol. The Morgan fingerprint density at radius 3 is 2.52 bits per heavy atom. The lowest BCUT2D eigenvalue weighted by Gasteiger charge is -2.35. The number of aliphatic hydroxyl groups excluding tert-OH is 1. The Kier molecular flexibility index (Phi) is 7.18. The van der Waals surface area contributed by atoms with E-state index in [1.807, 2.05) is 30.3 Å². The maximum absolute atomic E-state index is 12.7. The Hall–Kier alpha value is -1.98. The smallest absolute Gasteiger partial charge is 0.253 e. The van der Waals surface area contributed by atoms with E-state index in [0.29, 0.717) is 12.2 Å². The van der Waals surface area contributed by atoms with Crippen LogP contribution in [0.4, 0.5) is 0 Å². The highest BCUT2D eigenvalue weighted by Gasteiger charge is 2.29. The molecule has 0 radical (unpaired) electrons. The van der Waals surface area contributed by atoms with Gasteiger partial charge in [0.25, 0.3) is 5.91 Å². The van der Waals surface area contributed by atoms with Crippen LogP contribution in [0.3, 0.4) is 0 Å². The van der Waals surface area contributed by atoms with Crippen molar-refractivity contribution < 1.29 is 14.6 Å². The summed E-state index contributed by atoms with van der Waals surface area (Å²) in [6.07, 6.45) is 3.32. The van der Waals surface area contributed by atoms with Gasteiger partial charge in [-0.3, -0.25) is 4.79 Å². The number of nitrogens with zero attached hydrogens (tertiary/aromatic N) is 1. The Balaban J connectivity index is 1.48. The largest absolute Gasteiger partial charge is 0.493 e. The van der Waals surface area contributed by atoms with Crippen LogP contribution < -0.4 is 4.74 Å². The molecule has 0 unspecified atom stereocenters. The molecule has 1 amide bonds. The maximum Gasteiger partial charge on any atom is 0.253 e. The number of carbonyl (C=O) groups is 1. The molecule has 1 fully saturated rings. The van der Waals surface area contributed by atoms with E-state index in [9.17, 15) is 9.90 Å². The zero-order valence-corrected chi connectivity index (χ0v) is 16.5. The standard InChI is InChI=1S/C22H27NO3S/c1-23(20-9-5-6-10-21(20)24)22(25)17-11-13-18(14-12-17)26-15-16-27-19-7-3-2-4-8-19/h2-4,7-8,11-14,20-21,24H,5-6,9-10,15-16H2,1H3/t20-,21-/m1/s1. The molecule has 0 saturated heterocycles. The molecule has 1 saturated carbocycles. The predicted octanol–water partition coefficient (Wildman–Crippen LogP) is 4.23. The van der Waals surface area contributed by atoms with Gasteiger partial charge in [0, 0.05) is 23.3 Å². The number of benzene rings is 2. The first kappa shape index (κ1) is 19.8. The fourth-order valence-corrected chi connectivity index (χ4v) is 4.18. The number of likely N-dealkylation sites (N-methyl/N-ethyl adjacent to an activating group) is 1. The van der Waals surface area contributed by atoms with E-state index >= 15 is 0 Å². The quantitative estimate of drug-likeness (QED) is 0.572. The van der Waals surface area contributed by atoms with E-state index in [1.54, 1.807) is 35.8 Å². The van der Waals surface area contributed by atoms with Crippen molar-refractivity contribution in [2.24, 2.45) is 0 Å². The molecule has 3 rings (SSSR count). The Labute approximate surface area is 165 Å². The van der Waals surface area contributed by atoms with Crippen molar-refractivity contribution in [2.75, 3.05) is 19.4 Å². The number of aliphatic hydroxyl groups is 1. The first-order chi connectivity index (χ1) is 13.1. The first-order valence-electron chi connectivity index (χ1n) is 9.51. The van der Waals surface area contributed by atoms with Gasteiger partial charge in [-0.25, -0.2) is 0 Å². The van der Waals surface area contributed by atoms with Crippen molar-refractivity contribution in [3.8, 4) is 5.75 Å². The van der Waals surface area contributed by atoms with Crippen molar-refractivity contribution in [1.29, 1.82) is 0 Å². The molecule has 1 N–H and O–H groups in total. The molecule has 0 aromatic heterocycles. The predicted molar refractivity (Wildman–Crippen MR) is 109 cm³/mol. The number of carbonyl (C=O) groups excluding carboxylic acids is 1. The van der Waals surface area contributed by atoms with Gasteiger partial charge in [-0.15, -0.1) is 11.8 Å². The third-order valence-corrected chi connectivity index (χ3v) is 5.95. The molecule has 5 heteroatoms. The molecule has 2 aromatic rings. The number of ether oxygens (including phenoxy) is 1. The molecular weight excluding hydrogens is 358 g/mol. The molecule has 27 heavy (non-hydrogen) atoms. The minimum atomic E-state index is -0.419. The van der Waals surface area contributed by atoms with Crippen LogP contribution >= 0.6 is 11.8 Å². The van der Waals surface area contributed by atoms with E-state index in [4.69, 9.17) is 4.74 Å². The van der Waals surface area contributed by atoms with Gasteiger partial charge in [0.15, 0.2) is 0 Å². The zero-order chi connectivity index (χ0) is 19.1. The third kappa shape index (κ3) is 5.50. The number of amides is 1.